The van der Waals surface area contributed by atoms with E-state index in [4.69, 9.17) is 11.5 Å². The number of hydrogen-bond acceptors (Lipinski definition) is 8. The number of nitrogens with zero attached hydrogens (tertiary/aromatic N) is 4. The normalized spacial score (nSPS) is 10.5. The SMILES string of the molecule is COC(=O)CCN(C)Cc1nc(N)nc(N)n1. The summed E-state index contributed by atoms with van der Waals surface area (Å²) in [6.07, 6.45) is 0.309. The molecule has 0 saturated carbocycles. The zero-order chi connectivity index (χ0) is 12.8. The van der Waals surface area contributed by atoms with Crippen LogP contribution < -0.4 is 11.5 Å². The number of rotatable bonds is 5. The molecular formula is C9H16N6O2. The van der Waals surface area contributed by atoms with E-state index < -0.39 is 0 Å². The third kappa shape index (κ3) is 4.60. The first-order chi connectivity index (χ1) is 8.01. The standard InChI is InChI=1S/C9H16N6O2/c1-15(4-3-7(16)17-2)5-6-12-8(10)14-9(11)13-6/h3-5H2,1-2H3,(H4,10,11,12,13,14). The molecule has 0 aliphatic rings. The molecule has 0 amide bonds. The fourth-order valence-corrected chi connectivity index (χ4v) is 1.23. The van der Waals surface area contributed by atoms with E-state index in [1.165, 1.54) is 7.11 Å². The fourth-order valence-electron chi connectivity index (χ4n) is 1.23. The molecule has 0 aromatic carbocycles. The molecule has 94 valence electrons. The molecule has 1 heterocycles. The Morgan fingerprint density at radius 1 is 1.29 bits per heavy atom. The molecule has 0 atom stereocenters. The first-order valence-corrected chi connectivity index (χ1v) is 5.02. The predicted molar refractivity (Wildman–Crippen MR) is 61.6 cm³/mol. The molecule has 0 aliphatic heterocycles. The number of hydrogen-bond donors (Lipinski definition) is 2. The van der Waals surface area contributed by atoms with Crippen LogP contribution in [-0.4, -0.2) is 46.5 Å². The summed E-state index contributed by atoms with van der Waals surface area (Å²) >= 11 is 0. The number of ether oxygens (including phenoxy) is 1. The monoisotopic (exact) mass is 240 g/mol. The third-order valence-electron chi connectivity index (χ3n) is 2.05. The Labute approximate surface area is 99.0 Å². The average molecular weight is 240 g/mol. The lowest BCUT2D eigenvalue weighted by Gasteiger charge is -2.14. The molecular weight excluding hydrogens is 224 g/mol. The van der Waals surface area contributed by atoms with E-state index in [2.05, 4.69) is 19.7 Å². The fraction of sp³-hybridized carbons (Fsp3) is 0.556. The van der Waals surface area contributed by atoms with Gasteiger partial charge in [-0.15, -0.1) is 0 Å². The number of esters is 1. The Kier molecular flexibility index (Phi) is 4.58. The zero-order valence-corrected chi connectivity index (χ0v) is 9.88. The lowest BCUT2D eigenvalue weighted by Crippen LogP contribution is -2.23. The van der Waals surface area contributed by atoms with Crippen LogP contribution >= 0.6 is 0 Å². The highest BCUT2D eigenvalue weighted by Crippen LogP contribution is 2.02. The van der Waals surface area contributed by atoms with E-state index in [0.29, 0.717) is 25.3 Å². The van der Waals surface area contributed by atoms with Gasteiger partial charge in [-0.25, -0.2) is 0 Å². The largest absolute Gasteiger partial charge is 0.469 e. The summed E-state index contributed by atoms with van der Waals surface area (Å²) in [6, 6.07) is 0. The molecule has 1 aromatic heterocycles. The lowest BCUT2D eigenvalue weighted by molar-refractivity contribution is -0.140. The Hall–Kier alpha value is -1.96. The first-order valence-electron chi connectivity index (χ1n) is 5.02. The van der Waals surface area contributed by atoms with Gasteiger partial charge in [-0.3, -0.25) is 9.69 Å². The summed E-state index contributed by atoms with van der Waals surface area (Å²) < 4.78 is 4.54. The minimum Gasteiger partial charge on any atom is -0.469 e. The van der Waals surface area contributed by atoms with Gasteiger partial charge in [0.05, 0.1) is 20.1 Å². The molecule has 1 aromatic rings. The number of methoxy groups -OCH3 is 1. The molecule has 17 heavy (non-hydrogen) atoms. The van der Waals surface area contributed by atoms with Crippen molar-refractivity contribution in [2.45, 2.75) is 13.0 Å². The topological polar surface area (TPSA) is 120 Å². The minimum absolute atomic E-state index is 0.0915. The molecule has 1 rings (SSSR count). The second-order valence-electron chi connectivity index (χ2n) is 3.53. The van der Waals surface area contributed by atoms with E-state index in [9.17, 15) is 4.79 Å². The number of aromatic nitrogens is 3. The van der Waals surface area contributed by atoms with Gasteiger partial charge >= 0.3 is 5.97 Å². The van der Waals surface area contributed by atoms with Gasteiger partial charge in [-0.1, -0.05) is 0 Å². The summed E-state index contributed by atoms with van der Waals surface area (Å²) in [5.74, 6) is 0.400. The molecule has 0 fully saturated rings. The maximum absolute atomic E-state index is 10.9. The van der Waals surface area contributed by atoms with Gasteiger partial charge in [0.25, 0.3) is 0 Å². The maximum Gasteiger partial charge on any atom is 0.306 e. The van der Waals surface area contributed by atoms with E-state index >= 15 is 0 Å². The number of anilines is 2. The highest BCUT2D eigenvalue weighted by Gasteiger charge is 2.08. The maximum atomic E-state index is 10.9. The smallest absolute Gasteiger partial charge is 0.306 e. The second kappa shape index (κ2) is 5.94. The van der Waals surface area contributed by atoms with Crippen molar-refractivity contribution in [3.8, 4) is 0 Å². The van der Waals surface area contributed by atoms with Gasteiger partial charge < -0.3 is 16.2 Å². The van der Waals surface area contributed by atoms with Crippen molar-refractivity contribution in [3.05, 3.63) is 5.82 Å². The Balaban J connectivity index is 2.50. The number of carbonyl (C=O) groups is 1. The third-order valence-corrected chi connectivity index (χ3v) is 2.05. The van der Waals surface area contributed by atoms with Gasteiger partial charge in [0.15, 0.2) is 0 Å². The van der Waals surface area contributed by atoms with Crippen molar-refractivity contribution in [1.29, 1.82) is 0 Å². The van der Waals surface area contributed by atoms with Crippen LogP contribution in [0.25, 0.3) is 0 Å². The van der Waals surface area contributed by atoms with Crippen LogP contribution in [0.5, 0.6) is 0 Å². The Morgan fingerprint density at radius 3 is 2.41 bits per heavy atom. The number of nitrogens with two attached hydrogens (primary N) is 2. The molecule has 0 spiro atoms. The van der Waals surface area contributed by atoms with E-state index in [-0.39, 0.29) is 17.9 Å². The summed E-state index contributed by atoms with van der Waals surface area (Å²) in [7, 11) is 3.19. The summed E-state index contributed by atoms with van der Waals surface area (Å²) in [4.78, 5) is 24.4. The molecule has 8 nitrogen and oxygen atoms in total. The van der Waals surface area contributed by atoms with Crippen molar-refractivity contribution in [2.24, 2.45) is 0 Å². The molecule has 0 bridgehead atoms. The van der Waals surface area contributed by atoms with E-state index in [1.807, 2.05) is 11.9 Å². The minimum atomic E-state index is -0.258. The molecule has 4 N–H and O–H groups in total. The van der Waals surface area contributed by atoms with Gasteiger partial charge in [-0.2, -0.15) is 15.0 Å². The van der Waals surface area contributed by atoms with Crippen molar-refractivity contribution in [2.75, 3.05) is 32.2 Å². The Morgan fingerprint density at radius 2 is 1.88 bits per heavy atom. The lowest BCUT2D eigenvalue weighted by atomic mass is 10.4. The molecule has 0 radical (unpaired) electrons. The van der Waals surface area contributed by atoms with Crippen molar-refractivity contribution in [3.63, 3.8) is 0 Å². The zero-order valence-electron chi connectivity index (χ0n) is 9.88. The van der Waals surface area contributed by atoms with Gasteiger partial charge in [0.1, 0.15) is 5.82 Å². The summed E-state index contributed by atoms with van der Waals surface area (Å²) in [5.41, 5.74) is 10.9. The van der Waals surface area contributed by atoms with Crippen molar-refractivity contribution >= 4 is 17.9 Å². The first kappa shape index (κ1) is 13.1. The van der Waals surface area contributed by atoms with Gasteiger partial charge in [0.2, 0.25) is 11.9 Å². The van der Waals surface area contributed by atoms with Crippen LogP contribution in [0.1, 0.15) is 12.2 Å². The highest BCUT2D eigenvalue weighted by molar-refractivity contribution is 5.69. The molecule has 0 unspecified atom stereocenters. The summed E-state index contributed by atoms with van der Waals surface area (Å²) in [5, 5.41) is 0. The number of carbonyl (C=O) groups excluding carboxylic acids is 1. The van der Waals surface area contributed by atoms with E-state index in [0.717, 1.165) is 0 Å². The molecule has 8 heteroatoms. The van der Waals surface area contributed by atoms with E-state index in [1.54, 1.807) is 0 Å². The van der Waals surface area contributed by atoms with Crippen LogP contribution in [0.15, 0.2) is 0 Å². The van der Waals surface area contributed by atoms with Crippen LogP contribution in [0.2, 0.25) is 0 Å². The van der Waals surface area contributed by atoms with Crippen molar-refractivity contribution < 1.29 is 9.53 Å². The van der Waals surface area contributed by atoms with Crippen LogP contribution in [0.3, 0.4) is 0 Å². The van der Waals surface area contributed by atoms with Crippen LogP contribution in [-0.2, 0) is 16.1 Å². The van der Waals surface area contributed by atoms with Gasteiger partial charge in [-0.05, 0) is 7.05 Å². The second-order valence-corrected chi connectivity index (χ2v) is 3.53. The van der Waals surface area contributed by atoms with Gasteiger partial charge in [0, 0.05) is 6.54 Å². The summed E-state index contributed by atoms with van der Waals surface area (Å²) in [6.45, 7) is 0.978. The average Bonchev–Trinajstić information content (AvgIpc) is 2.24. The highest BCUT2D eigenvalue weighted by atomic mass is 16.5. The molecule has 0 aliphatic carbocycles. The Bertz CT molecular complexity index is 377. The number of nitrogen functional groups attached to an aromatic ring is 2. The molecule has 0 saturated heterocycles. The van der Waals surface area contributed by atoms with Crippen LogP contribution in [0, 0.1) is 0 Å². The van der Waals surface area contributed by atoms with Crippen molar-refractivity contribution in [1.82, 2.24) is 19.9 Å². The van der Waals surface area contributed by atoms with Crippen LogP contribution in [0.4, 0.5) is 11.9 Å². The quantitative estimate of drug-likeness (QED) is 0.631. The predicted octanol–water partition coefficient (Wildman–Crippen LogP) is -0.969.